The minimum absolute atomic E-state index is 0.389. The van der Waals surface area contributed by atoms with Crippen LogP contribution in [-0.2, 0) is 0 Å². The van der Waals surface area contributed by atoms with Gasteiger partial charge in [0.05, 0.1) is 12.2 Å². The van der Waals surface area contributed by atoms with Crippen LogP contribution in [0, 0.1) is 0 Å². The van der Waals surface area contributed by atoms with Crippen LogP contribution in [0.1, 0.15) is 56.5 Å². The van der Waals surface area contributed by atoms with Crippen molar-refractivity contribution in [1.29, 1.82) is 0 Å². The van der Waals surface area contributed by atoms with Gasteiger partial charge in [-0.25, -0.2) is 4.98 Å². The molecule has 6 heteroatoms. The zero-order chi connectivity index (χ0) is 13.2. The Morgan fingerprint density at radius 3 is 3.00 bits per heavy atom. The van der Waals surface area contributed by atoms with Crippen molar-refractivity contribution < 1.29 is 0 Å². The van der Waals surface area contributed by atoms with Crippen LogP contribution >= 0.6 is 11.5 Å². The average molecular weight is 277 g/mol. The van der Waals surface area contributed by atoms with Crippen molar-refractivity contribution in [2.24, 2.45) is 0 Å². The predicted octanol–water partition coefficient (Wildman–Crippen LogP) is 3.12. The lowest BCUT2D eigenvalue weighted by Gasteiger charge is -2.34. The summed E-state index contributed by atoms with van der Waals surface area (Å²) in [7, 11) is 0. The molecule has 2 aromatic rings. The normalized spacial score (nSPS) is 20.2. The molecule has 5 nitrogen and oxygen atoms in total. The van der Waals surface area contributed by atoms with Crippen molar-refractivity contribution in [2.45, 2.75) is 45.1 Å². The van der Waals surface area contributed by atoms with Crippen molar-refractivity contribution in [2.75, 3.05) is 11.4 Å². The van der Waals surface area contributed by atoms with Gasteiger partial charge in [0.2, 0.25) is 5.13 Å². The largest absolute Gasteiger partial charge is 0.340 e. The second-order valence-electron chi connectivity index (χ2n) is 5.33. The van der Waals surface area contributed by atoms with Gasteiger partial charge in [-0.1, -0.05) is 13.8 Å². The smallest absolute Gasteiger partial charge is 0.205 e. The highest BCUT2D eigenvalue weighted by atomic mass is 32.1. The van der Waals surface area contributed by atoms with Gasteiger partial charge in [-0.3, -0.25) is 5.10 Å². The number of nitrogens with one attached hydrogen (secondary N) is 1. The first-order valence-corrected chi connectivity index (χ1v) is 7.62. The van der Waals surface area contributed by atoms with E-state index in [1.54, 1.807) is 0 Å². The molecule has 0 amide bonds. The van der Waals surface area contributed by atoms with Crippen LogP contribution in [0.4, 0.5) is 5.13 Å². The fourth-order valence-electron chi connectivity index (χ4n) is 2.53. The van der Waals surface area contributed by atoms with Crippen LogP contribution in [0.25, 0.3) is 0 Å². The van der Waals surface area contributed by atoms with Crippen molar-refractivity contribution in [3.8, 4) is 0 Å². The summed E-state index contributed by atoms with van der Waals surface area (Å²) in [6, 6.07) is 0.389. The maximum absolute atomic E-state index is 4.70. The van der Waals surface area contributed by atoms with Crippen LogP contribution in [-0.4, -0.2) is 26.1 Å². The number of anilines is 1. The number of hydrogen-bond acceptors (Lipinski definition) is 5. The SMILES string of the molecule is CC(C)c1nsc(N2CCCCC2c2cn[nH]c2)n1. The monoisotopic (exact) mass is 277 g/mol. The third kappa shape index (κ3) is 2.49. The standard InChI is InChI=1S/C13H19N5S/c1-9(2)12-16-13(19-17-12)18-6-4-3-5-11(18)10-7-14-15-8-10/h7-9,11H,3-6H2,1-2H3,(H,14,15). The molecule has 2 aromatic heterocycles. The van der Waals surface area contributed by atoms with E-state index in [0.29, 0.717) is 12.0 Å². The lowest BCUT2D eigenvalue weighted by Crippen LogP contribution is -2.33. The van der Waals surface area contributed by atoms with E-state index < -0.39 is 0 Å². The Morgan fingerprint density at radius 2 is 2.32 bits per heavy atom. The molecule has 1 aliphatic heterocycles. The molecule has 0 spiro atoms. The molecule has 3 rings (SSSR count). The molecule has 0 saturated carbocycles. The van der Waals surface area contributed by atoms with E-state index in [2.05, 4.69) is 33.3 Å². The number of nitrogens with zero attached hydrogens (tertiary/aromatic N) is 4. The Bertz CT molecular complexity index is 519. The quantitative estimate of drug-likeness (QED) is 0.936. The molecule has 0 aromatic carbocycles. The van der Waals surface area contributed by atoms with Crippen LogP contribution in [0.5, 0.6) is 0 Å². The summed E-state index contributed by atoms with van der Waals surface area (Å²) >= 11 is 1.52. The highest BCUT2D eigenvalue weighted by Crippen LogP contribution is 2.35. The Hall–Kier alpha value is -1.43. The van der Waals surface area contributed by atoms with Crippen molar-refractivity contribution in [3.05, 3.63) is 23.8 Å². The fourth-order valence-corrected chi connectivity index (χ4v) is 3.41. The van der Waals surface area contributed by atoms with Crippen molar-refractivity contribution >= 4 is 16.7 Å². The highest BCUT2D eigenvalue weighted by molar-refractivity contribution is 7.09. The minimum Gasteiger partial charge on any atom is -0.340 e. The zero-order valence-corrected chi connectivity index (χ0v) is 12.2. The molecule has 0 aliphatic carbocycles. The molecular weight excluding hydrogens is 258 g/mol. The summed E-state index contributed by atoms with van der Waals surface area (Å²) < 4.78 is 4.47. The number of hydrogen-bond donors (Lipinski definition) is 1. The zero-order valence-electron chi connectivity index (χ0n) is 11.3. The molecule has 1 atom stereocenters. The summed E-state index contributed by atoms with van der Waals surface area (Å²) in [5.74, 6) is 1.35. The molecular formula is C13H19N5S. The number of H-pyrrole nitrogens is 1. The van der Waals surface area contributed by atoms with Gasteiger partial charge in [0.25, 0.3) is 0 Å². The predicted molar refractivity (Wildman–Crippen MR) is 76.5 cm³/mol. The van der Waals surface area contributed by atoms with Gasteiger partial charge in [0.1, 0.15) is 5.82 Å². The van der Waals surface area contributed by atoms with Gasteiger partial charge in [-0.2, -0.15) is 9.47 Å². The summed E-state index contributed by atoms with van der Waals surface area (Å²) in [6.07, 6.45) is 7.57. The second kappa shape index (κ2) is 5.28. The Kier molecular flexibility index (Phi) is 3.50. The first kappa shape index (κ1) is 12.6. The average Bonchev–Trinajstić information content (AvgIpc) is 3.10. The van der Waals surface area contributed by atoms with Crippen LogP contribution < -0.4 is 4.90 Å². The van der Waals surface area contributed by atoms with E-state index in [-0.39, 0.29) is 0 Å². The van der Waals surface area contributed by atoms with Crippen LogP contribution in [0.15, 0.2) is 12.4 Å². The molecule has 1 N–H and O–H groups in total. The van der Waals surface area contributed by atoms with Crippen LogP contribution in [0.3, 0.4) is 0 Å². The molecule has 1 aliphatic rings. The van der Waals surface area contributed by atoms with Gasteiger partial charge in [-0.15, -0.1) is 0 Å². The van der Waals surface area contributed by atoms with Gasteiger partial charge in [0.15, 0.2) is 0 Å². The minimum atomic E-state index is 0.389. The molecule has 0 bridgehead atoms. The summed E-state index contributed by atoms with van der Waals surface area (Å²) in [6.45, 7) is 5.33. The molecule has 102 valence electrons. The van der Waals surface area contributed by atoms with E-state index in [9.17, 15) is 0 Å². The van der Waals surface area contributed by atoms with Crippen molar-refractivity contribution in [1.82, 2.24) is 19.6 Å². The lowest BCUT2D eigenvalue weighted by atomic mass is 9.98. The maximum atomic E-state index is 4.70. The molecule has 3 heterocycles. The Balaban J connectivity index is 1.87. The molecule has 1 saturated heterocycles. The third-order valence-corrected chi connectivity index (χ3v) is 4.37. The number of aromatic amines is 1. The van der Waals surface area contributed by atoms with Gasteiger partial charge >= 0.3 is 0 Å². The van der Waals surface area contributed by atoms with E-state index >= 15 is 0 Å². The summed E-state index contributed by atoms with van der Waals surface area (Å²) in [5.41, 5.74) is 1.25. The van der Waals surface area contributed by atoms with E-state index in [1.807, 2.05) is 12.4 Å². The van der Waals surface area contributed by atoms with E-state index in [4.69, 9.17) is 4.98 Å². The molecule has 0 radical (unpaired) electrons. The van der Waals surface area contributed by atoms with Crippen molar-refractivity contribution in [3.63, 3.8) is 0 Å². The molecule has 1 fully saturated rings. The van der Waals surface area contributed by atoms with E-state index in [0.717, 1.165) is 23.9 Å². The molecule has 19 heavy (non-hydrogen) atoms. The first-order chi connectivity index (χ1) is 9.25. The first-order valence-electron chi connectivity index (χ1n) is 6.84. The fraction of sp³-hybridized carbons (Fsp3) is 0.615. The lowest BCUT2D eigenvalue weighted by molar-refractivity contribution is 0.472. The summed E-state index contributed by atoms with van der Waals surface area (Å²) in [4.78, 5) is 7.08. The van der Waals surface area contributed by atoms with Gasteiger partial charge < -0.3 is 4.90 Å². The topological polar surface area (TPSA) is 57.7 Å². The Morgan fingerprint density at radius 1 is 1.42 bits per heavy atom. The summed E-state index contributed by atoms with van der Waals surface area (Å²) in [5, 5.41) is 8.04. The number of rotatable bonds is 3. The van der Waals surface area contributed by atoms with Gasteiger partial charge in [0, 0.05) is 35.8 Å². The number of aromatic nitrogens is 4. The highest BCUT2D eigenvalue weighted by Gasteiger charge is 2.27. The molecule has 1 unspecified atom stereocenters. The van der Waals surface area contributed by atoms with Gasteiger partial charge in [-0.05, 0) is 19.3 Å². The Labute approximate surface area is 117 Å². The van der Waals surface area contributed by atoms with Crippen LogP contribution in [0.2, 0.25) is 0 Å². The second-order valence-corrected chi connectivity index (χ2v) is 6.06. The number of piperidine rings is 1. The van der Waals surface area contributed by atoms with E-state index in [1.165, 1.54) is 29.9 Å². The third-order valence-electron chi connectivity index (χ3n) is 3.60. The maximum Gasteiger partial charge on any atom is 0.205 e.